The van der Waals surface area contributed by atoms with E-state index in [0.717, 1.165) is 12.8 Å². The van der Waals surface area contributed by atoms with E-state index in [0.29, 0.717) is 44.0 Å². The third-order valence-electron chi connectivity index (χ3n) is 5.68. The maximum Gasteiger partial charge on any atom is 0.409 e. The van der Waals surface area contributed by atoms with E-state index < -0.39 is 17.2 Å². The molecule has 1 saturated carbocycles. The number of pyridine rings is 1. The first-order chi connectivity index (χ1) is 14.9. The van der Waals surface area contributed by atoms with Crippen molar-refractivity contribution in [3.8, 4) is 0 Å². The Morgan fingerprint density at radius 3 is 2.35 bits per heavy atom. The molecule has 0 bridgehead atoms. The molecule has 2 aromatic rings. The number of carbonyl (C=O) groups excluding carboxylic acids is 2. The van der Waals surface area contributed by atoms with Gasteiger partial charge in [-0.1, -0.05) is 0 Å². The summed E-state index contributed by atoms with van der Waals surface area (Å²) in [6.45, 7) is 5.65. The first-order valence-corrected chi connectivity index (χ1v) is 10.7. The van der Waals surface area contributed by atoms with Gasteiger partial charge in [0.2, 0.25) is 5.43 Å². The maximum atomic E-state index is 15.1. The summed E-state index contributed by atoms with van der Waals surface area (Å²) in [6.07, 6.45) is 3.05. The summed E-state index contributed by atoms with van der Waals surface area (Å²) < 4.78 is 27.0. The molecular weight excluding hydrogens is 405 g/mol. The van der Waals surface area contributed by atoms with Crippen LogP contribution in [0.15, 0.2) is 23.1 Å². The molecule has 1 aliphatic heterocycles. The smallest absolute Gasteiger partial charge is 0.409 e. The first-order valence-electron chi connectivity index (χ1n) is 10.7. The molecule has 166 valence electrons. The summed E-state index contributed by atoms with van der Waals surface area (Å²) in [5.41, 5.74) is 0.387. The van der Waals surface area contributed by atoms with Gasteiger partial charge in [0.25, 0.3) is 0 Å². The Balaban J connectivity index is 1.69. The van der Waals surface area contributed by atoms with Crippen LogP contribution in [0.3, 0.4) is 0 Å². The van der Waals surface area contributed by atoms with Gasteiger partial charge in [-0.15, -0.1) is 0 Å². The van der Waals surface area contributed by atoms with Gasteiger partial charge >= 0.3 is 12.1 Å². The largest absolute Gasteiger partial charge is 0.462 e. The van der Waals surface area contributed by atoms with Crippen LogP contribution in [0.1, 0.15) is 43.1 Å². The maximum absolute atomic E-state index is 15.1. The van der Waals surface area contributed by atoms with Gasteiger partial charge < -0.3 is 23.8 Å². The number of piperazine rings is 1. The van der Waals surface area contributed by atoms with E-state index in [2.05, 4.69) is 0 Å². The van der Waals surface area contributed by atoms with E-state index in [4.69, 9.17) is 9.47 Å². The van der Waals surface area contributed by atoms with E-state index in [1.807, 2.05) is 9.47 Å². The normalized spacial score (nSPS) is 16.5. The Morgan fingerprint density at radius 2 is 1.74 bits per heavy atom. The Hall–Kier alpha value is -3.10. The predicted molar refractivity (Wildman–Crippen MR) is 113 cm³/mol. The van der Waals surface area contributed by atoms with Crippen LogP contribution in [-0.4, -0.2) is 60.9 Å². The van der Waals surface area contributed by atoms with Crippen molar-refractivity contribution < 1.29 is 23.5 Å². The van der Waals surface area contributed by atoms with Crippen molar-refractivity contribution >= 4 is 28.7 Å². The highest BCUT2D eigenvalue weighted by molar-refractivity contribution is 5.94. The Labute approximate surface area is 179 Å². The number of carbonyl (C=O) groups is 2. The van der Waals surface area contributed by atoms with Crippen molar-refractivity contribution in [2.75, 3.05) is 44.3 Å². The van der Waals surface area contributed by atoms with Crippen LogP contribution >= 0.6 is 0 Å². The molecule has 31 heavy (non-hydrogen) atoms. The SMILES string of the molecule is CCOC(=O)c1cn(C2CC2)c2cc(N3CCN(C(=O)OCC)CC3)c(F)cc2c1=O. The zero-order valence-corrected chi connectivity index (χ0v) is 17.7. The van der Waals surface area contributed by atoms with Gasteiger partial charge in [0.1, 0.15) is 11.4 Å². The fourth-order valence-corrected chi connectivity index (χ4v) is 3.95. The Kier molecular flexibility index (Phi) is 5.84. The summed E-state index contributed by atoms with van der Waals surface area (Å²) in [6, 6.07) is 3.07. The van der Waals surface area contributed by atoms with Crippen LogP contribution in [0.5, 0.6) is 0 Å². The first kappa shape index (κ1) is 21.1. The summed E-state index contributed by atoms with van der Waals surface area (Å²) in [7, 11) is 0. The number of hydrogen-bond acceptors (Lipinski definition) is 6. The summed E-state index contributed by atoms with van der Waals surface area (Å²) in [4.78, 5) is 40.5. The predicted octanol–water partition coefficient (Wildman–Crippen LogP) is 2.93. The molecule has 0 spiro atoms. The fraction of sp³-hybridized carbons (Fsp3) is 0.500. The number of benzene rings is 1. The Morgan fingerprint density at radius 1 is 1.06 bits per heavy atom. The fourth-order valence-electron chi connectivity index (χ4n) is 3.95. The van der Waals surface area contributed by atoms with Gasteiger partial charge in [-0.3, -0.25) is 4.79 Å². The lowest BCUT2D eigenvalue weighted by atomic mass is 10.1. The highest BCUT2D eigenvalue weighted by Gasteiger charge is 2.29. The minimum atomic E-state index is -0.691. The average Bonchev–Trinajstić information content (AvgIpc) is 3.60. The number of halogens is 1. The van der Waals surface area contributed by atoms with Gasteiger partial charge in [0, 0.05) is 43.8 Å². The van der Waals surface area contributed by atoms with Gasteiger partial charge in [0.05, 0.1) is 24.4 Å². The molecule has 2 aliphatic rings. The molecule has 1 amide bonds. The molecular formula is C22H26FN3O5. The average molecular weight is 431 g/mol. The van der Waals surface area contributed by atoms with Crippen LogP contribution < -0.4 is 10.3 Å². The van der Waals surface area contributed by atoms with Crippen molar-refractivity contribution in [1.82, 2.24) is 9.47 Å². The second-order valence-corrected chi connectivity index (χ2v) is 7.72. The van der Waals surface area contributed by atoms with Crippen LogP contribution in [0.4, 0.5) is 14.9 Å². The third-order valence-corrected chi connectivity index (χ3v) is 5.68. The van der Waals surface area contributed by atoms with E-state index in [9.17, 15) is 14.4 Å². The molecule has 1 aromatic carbocycles. The monoisotopic (exact) mass is 431 g/mol. The van der Waals surface area contributed by atoms with Gasteiger partial charge in [-0.2, -0.15) is 0 Å². The summed E-state index contributed by atoms with van der Waals surface area (Å²) in [5.74, 6) is -1.22. The highest BCUT2D eigenvalue weighted by atomic mass is 19.1. The lowest BCUT2D eigenvalue weighted by Gasteiger charge is -2.35. The number of ether oxygens (including phenoxy) is 2. The molecule has 1 saturated heterocycles. The second kappa shape index (κ2) is 8.56. The molecule has 4 rings (SSSR count). The molecule has 0 unspecified atom stereocenters. The molecule has 9 heteroatoms. The number of rotatable bonds is 5. The number of nitrogens with zero attached hydrogens (tertiary/aromatic N) is 3. The molecule has 0 atom stereocenters. The van der Waals surface area contributed by atoms with Crippen LogP contribution in [0.2, 0.25) is 0 Å². The standard InChI is InChI=1S/C22H26FN3O5/c1-3-30-21(28)16-13-26(14-5-6-14)18-12-19(17(23)11-15(18)20(16)27)24-7-9-25(10-8-24)22(29)31-4-2/h11-14H,3-10H2,1-2H3. The number of fused-ring (bicyclic) bond motifs is 1. The van der Waals surface area contributed by atoms with Gasteiger partial charge in [0.15, 0.2) is 0 Å². The molecule has 0 N–H and O–H groups in total. The number of amides is 1. The van der Waals surface area contributed by atoms with Gasteiger partial charge in [-0.25, -0.2) is 14.0 Å². The molecule has 8 nitrogen and oxygen atoms in total. The van der Waals surface area contributed by atoms with Crippen molar-refractivity contribution in [2.45, 2.75) is 32.7 Å². The second-order valence-electron chi connectivity index (χ2n) is 7.72. The van der Waals surface area contributed by atoms with Gasteiger partial charge in [-0.05, 0) is 38.8 Å². The van der Waals surface area contributed by atoms with Crippen molar-refractivity contribution in [2.24, 2.45) is 0 Å². The molecule has 2 heterocycles. The zero-order chi connectivity index (χ0) is 22.1. The number of esters is 1. The highest BCUT2D eigenvalue weighted by Crippen LogP contribution is 2.38. The van der Waals surface area contributed by atoms with Crippen molar-refractivity contribution in [3.05, 3.63) is 39.9 Å². The summed E-state index contributed by atoms with van der Waals surface area (Å²) >= 11 is 0. The lowest BCUT2D eigenvalue weighted by Crippen LogP contribution is -2.49. The van der Waals surface area contributed by atoms with E-state index in [1.165, 1.54) is 6.07 Å². The van der Waals surface area contributed by atoms with Crippen LogP contribution in [-0.2, 0) is 9.47 Å². The minimum Gasteiger partial charge on any atom is -0.462 e. The number of aromatic nitrogens is 1. The van der Waals surface area contributed by atoms with E-state index >= 15 is 4.39 Å². The lowest BCUT2D eigenvalue weighted by molar-refractivity contribution is 0.0524. The van der Waals surface area contributed by atoms with Crippen LogP contribution in [0.25, 0.3) is 10.9 Å². The zero-order valence-electron chi connectivity index (χ0n) is 17.7. The molecule has 1 aromatic heterocycles. The topological polar surface area (TPSA) is 81.1 Å². The Bertz CT molecular complexity index is 1070. The van der Waals surface area contributed by atoms with E-state index in [-0.39, 0.29) is 29.7 Å². The van der Waals surface area contributed by atoms with Crippen LogP contribution in [0, 0.1) is 5.82 Å². The number of anilines is 1. The molecule has 2 fully saturated rings. The number of hydrogen-bond donors (Lipinski definition) is 0. The summed E-state index contributed by atoms with van der Waals surface area (Å²) in [5, 5.41) is 0.170. The molecule has 0 radical (unpaired) electrons. The minimum absolute atomic E-state index is 0.0727. The van der Waals surface area contributed by atoms with Crippen molar-refractivity contribution in [1.29, 1.82) is 0 Å². The molecule has 1 aliphatic carbocycles. The van der Waals surface area contributed by atoms with E-state index in [1.54, 1.807) is 31.0 Å². The quantitative estimate of drug-likeness (QED) is 0.677. The third kappa shape index (κ3) is 4.08. The van der Waals surface area contributed by atoms with Crippen molar-refractivity contribution in [3.63, 3.8) is 0 Å².